The average Bonchev–Trinajstić information content (AvgIpc) is 2.92. The molecule has 0 bridgehead atoms. The van der Waals surface area contributed by atoms with Gasteiger partial charge in [0, 0.05) is 36.0 Å². The lowest BCUT2D eigenvalue weighted by molar-refractivity contribution is 0.252. The lowest BCUT2D eigenvalue weighted by Gasteiger charge is -2.06. The molecule has 2 amide bonds. The van der Waals surface area contributed by atoms with Crippen molar-refractivity contribution in [1.82, 2.24) is 20.3 Å². The Kier molecular flexibility index (Phi) is 3.77. The topological polar surface area (TPSA) is 82.7 Å². The van der Waals surface area contributed by atoms with Crippen LogP contribution in [-0.4, -0.2) is 27.5 Å². The average molecular weight is 281 g/mol. The van der Waals surface area contributed by atoms with E-state index in [2.05, 4.69) is 31.7 Å². The molecule has 0 aliphatic carbocycles. The lowest BCUT2D eigenvalue weighted by Crippen LogP contribution is -2.30. The number of aromatic nitrogens is 3. The summed E-state index contributed by atoms with van der Waals surface area (Å²) in [7, 11) is 0. The number of hydrogen-bond acceptors (Lipinski definition) is 3. The van der Waals surface area contributed by atoms with Crippen LogP contribution in [0.25, 0.3) is 10.9 Å². The highest BCUT2D eigenvalue weighted by molar-refractivity contribution is 5.88. The summed E-state index contributed by atoms with van der Waals surface area (Å²) in [5, 5.41) is 6.62. The van der Waals surface area contributed by atoms with Gasteiger partial charge >= 0.3 is 6.03 Å². The predicted molar refractivity (Wildman–Crippen MR) is 81.1 cm³/mol. The number of para-hydroxylation sites is 1. The van der Waals surface area contributed by atoms with Gasteiger partial charge in [0.05, 0.1) is 6.20 Å². The molecule has 3 N–H and O–H groups in total. The molecule has 0 spiro atoms. The van der Waals surface area contributed by atoms with Crippen molar-refractivity contribution in [3.63, 3.8) is 0 Å². The molecule has 0 saturated heterocycles. The third-order valence-electron chi connectivity index (χ3n) is 3.16. The number of rotatable bonds is 4. The van der Waals surface area contributed by atoms with Gasteiger partial charge in [0.15, 0.2) is 5.82 Å². The highest BCUT2D eigenvalue weighted by Gasteiger charge is 2.05. The maximum atomic E-state index is 11.7. The first-order chi connectivity index (χ1) is 10.3. The standard InChI is InChI=1S/C15H15N5O/c21-15(20-14-10-16-7-8-17-14)18-6-5-11-9-19-13-4-2-1-3-12(11)13/h1-4,7-10,19H,5-6H2,(H2,17,18,20,21). The first-order valence-electron chi connectivity index (χ1n) is 6.69. The molecule has 0 fully saturated rings. The maximum absolute atomic E-state index is 11.7. The molecule has 0 radical (unpaired) electrons. The highest BCUT2D eigenvalue weighted by atomic mass is 16.2. The molecule has 3 rings (SSSR count). The zero-order valence-corrected chi connectivity index (χ0v) is 11.3. The largest absolute Gasteiger partial charge is 0.361 e. The van der Waals surface area contributed by atoms with E-state index in [0.29, 0.717) is 12.4 Å². The Bertz CT molecular complexity index is 738. The van der Waals surface area contributed by atoms with Gasteiger partial charge in [0.2, 0.25) is 0 Å². The Balaban J connectivity index is 1.53. The summed E-state index contributed by atoms with van der Waals surface area (Å²) in [6.45, 7) is 0.550. The van der Waals surface area contributed by atoms with Crippen molar-refractivity contribution >= 4 is 22.8 Å². The summed E-state index contributed by atoms with van der Waals surface area (Å²) in [6, 6.07) is 7.83. The van der Waals surface area contributed by atoms with E-state index in [9.17, 15) is 4.79 Å². The molecule has 1 aromatic carbocycles. The number of nitrogens with one attached hydrogen (secondary N) is 3. The van der Waals surface area contributed by atoms with Gasteiger partial charge in [0.25, 0.3) is 0 Å². The Morgan fingerprint density at radius 3 is 3.00 bits per heavy atom. The van der Waals surface area contributed by atoms with Gasteiger partial charge < -0.3 is 10.3 Å². The van der Waals surface area contributed by atoms with E-state index in [1.165, 1.54) is 23.3 Å². The number of urea groups is 1. The van der Waals surface area contributed by atoms with E-state index in [-0.39, 0.29) is 6.03 Å². The zero-order chi connectivity index (χ0) is 14.5. The number of anilines is 1. The maximum Gasteiger partial charge on any atom is 0.320 e. The summed E-state index contributed by atoms with van der Waals surface area (Å²) in [6.07, 6.45) is 7.33. The fraction of sp³-hybridized carbons (Fsp3) is 0.133. The Morgan fingerprint density at radius 1 is 1.24 bits per heavy atom. The van der Waals surface area contributed by atoms with Crippen LogP contribution in [0.1, 0.15) is 5.56 Å². The molecular formula is C15H15N5O. The van der Waals surface area contributed by atoms with Crippen LogP contribution in [0.5, 0.6) is 0 Å². The van der Waals surface area contributed by atoms with Crippen LogP contribution in [0.3, 0.4) is 0 Å². The van der Waals surface area contributed by atoms with Crippen molar-refractivity contribution in [2.45, 2.75) is 6.42 Å². The van der Waals surface area contributed by atoms with Gasteiger partial charge in [-0.25, -0.2) is 9.78 Å². The van der Waals surface area contributed by atoms with Gasteiger partial charge in [0.1, 0.15) is 0 Å². The smallest absolute Gasteiger partial charge is 0.320 e. The van der Waals surface area contributed by atoms with E-state index in [1.807, 2.05) is 24.4 Å². The monoisotopic (exact) mass is 281 g/mol. The summed E-state index contributed by atoms with van der Waals surface area (Å²) < 4.78 is 0. The number of amides is 2. The minimum atomic E-state index is -0.282. The van der Waals surface area contributed by atoms with Crippen LogP contribution >= 0.6 is 0 Å². The highest BCUT2D eigenvalue weighted by Crippen LogP contribution is 2.17. The van der Waals surface area contributed by atoms with Gasteiger partial charge in [-0.3, -0.25) is 10.3 Å². The predicted octanol–water partition coefficient (Wildman–Crippen LogP) is 2.32. The normalized spacial score (nSPS) is 10.5. The van der Waals surface area contributed by atoms with Crippen molar-refractivity contribution in [2.75, 3.05) is 11.9 Å². The molecule has 106 valence electrons. The molecule has 6 nitrogen and oxygen atoms in total. The summed E-state index contributed by atoms with van der Waals surface area (Å²) in [5.41, 5.74) is 2.29. The Hall–Kier alpha value is -2.89. The number of H-pyrrole nitrogens is 1. The van der Waals surface area contributed by atoms with Gasteiger partial charge in [-0.05, 0) is 18.1 Å². The first-order valence-corrected chi connectivity index (χ1v) is 6.69. The Morgan fingerprint density at radius 2 is 2.14 bits per heavy atom. The molecule has 3 aromatic rings. The number of carbonyl (C=O) groups is 1. The molecule has 0 atom stereocenters. The Labute approximate surface area is 121 Å². The second-order valence-electron chi connectivity index (χ2n) is 4.58. The van der Waals surface area contributed by atoms with Crippen LogP contribution in [0.4, 0.5) is 10.6 Å². The van der Waals surface area contributed by atoms with E-state index >= 15 is 0 Å². The summed E-state index contributed by atoms with van der Waals surface area (Å²) in [5.74, 6) is 0.432. The van der Waals surface area contributed by atoms with Gasteiger partial charge in [-0.15, -0.1) is 0 Å². The fourth-order valence-electron chi connectivity index (χ4n) is 2.17. The third-order valence-corrected chi connectivity index (χ3v) is 3.16. The molecule has 21 heavy (non-hydrogen) atoms. The van der Waals surface area contributed by atoms with Crippen molar-refractivity contribution in [1.29, 1.82) is 0 Å². The number of fused-ring (bicyclic) bond motifs is 1. The molecule has 6 heteroatoms. The first kappa shape index (κ1) is 13.1. The molecule has 0 unspecified atom stereocenters. The fourth-order valence-corrected chi connectivity index (χ4v) is 2.17. The van der Waals surface area contributed by atoms with Crippen LogP contribution in [-0.2, 0) is 6.42 Å². The van der Waals surface area contributed by atoms with Crippen molar-refractivity contribution in [3.8, 4) is 0 Å². The van der Waals surface area contributed by atoms with E-state index in [0.717, 1.165) is 11.9 Å². The van der Waals surface area contributed by atoms with E-state index in [1.54, 1.807) is 6.20 Å². The summed E-state index contributed by atoms with van der Waals surface area (Å²) >= 11 is 0. The molecule has 0 aliphatic rings. The van der Waals surface area contributed by atoms with Crippen LogP contribution in [0, 0.1) is 0 Å². The van der Waals surface area contributed by atoms with Crippen LogP contribution < -0.4 is 10.6 Å². The minimum absolute atomic E-state index is 0.282. The van der Waals surface area contributed by atoms with Crippen LogP contribution in [0.2, 0.25) is 0 Å². The number of nitrogens with zero attached hydrogens (tertiary/aromatic N) is 2. The molecule has 0 saturated carbocycles. The number of aromatic amines is 1. The van der Waals surface area contributed by atoms with E-state index in [4.69, 9.17) is 0 Å². The number of hydrogen-bond donors (Lipinski definition) is 3. The number of carbonyl (C=O) groups excluding carboxylic acids is 1. The third kappa shape index (κ3) is 3.17. The van der Waals surface area contributed by atoms with Crippen molar-refractivity contribution in [3.05, 3.63) is 54.6 Å². The lowest BCUT2D eigenvalue weighted by atomic mass is 10.1. The molecule has 2 aromatic heterocycles. The van der Waals surface area contributed by atoms with Gasteiger partial charge in [-0.1, -0.05) is 18.2 Å². The quantitative estimate of drug-likeness (QED) is 0.686. The zero-order valence-electron chi connectivity index (χ0n) is 11.3. The number of benzene rings is 1. The van der Waals surface area contributed by atoms with Crippen molar-refractivity contribution < 1.29 is 4.79 Å². The van der Waals surface area contributed by atoms with Crippen LogP contribution in [0.15, 0.2) is 49.1 Å². The van der Waals surface area contributed by atoms with E-state index < -0.39 is 0 Å². The second kappa shape index (κ2) is 6.04. The van der Waals surface area contributed by atoms with Gasteiger partial charge in [-0.2, -0.15) is 0 Å². The molecule has 0 aliphatic heterocycles. The minimum Gasteiger partial charge on any atom is -0.361 e. The second-order valence-corrected chi connectivity index (χ2v) is 4.58. The summed E-state index contributed by atoms with van der Waals surface area (Å²) in [4.78, 5) is 22.8. The SMILES string of the molecule is O=C(NCCc1c[nH]c2ccccc12)Nc1cnccn1. The molecule has 2 heterocycles. The molecular weight excluding hydrogens is 266 g/mol. The van der Waals surface area contributed by atoms with Crippen molar-refractivity contribution in [2.24, 2.45) is 0 Å².